The summed E-state index contributed by atoms with van der Waals surface area (Å²) in [4.78, 5) is 28.1. The lowest BCUT2D eigenvalue weighted by Crippen LogP contribution is -2.29. The van der Waals surface area contributed by atoms with E-state index in [-0.39, 0.29) is 5.82 Å². The van der Waals surface area contributed by atoms with Gasteiger partial charge in [0.1, 0.15) is 18.5 Å². The number of nitrogens with two attached hydrogens (primary N) is 1. The highest BCUT2D eigenvalue weighted by molar-refractivity contribution is 5.82. The van der Waals surface area contributed by atoms with Crippen LogP contribution >= 0.6 is 0 Å². The summed E-state index contributed by atoms with van der Waals surface area (Å²) in [6, 6.07) is 0. The van der Waals surface area contributed by atoms with Crippen molar-refractivity contribution in [1.29, 1.82) is 0 Å². The first kappa shape index (κ1) is 12.1. The van der Waals surface area contributed by atoms with Gasteiger partial charge in [-0.15, -0.1) is 0 Å². The Labute approximate surface area is 113 Å². The van der Waals surface area contributed by atoms with E-state index < -0.39 is 5.69 Å². The number of anilines is 2. The third-order valence-corrected chi connectivity index (χ3v) is 2.92. The number of hydrogen-bond acceptors (Lipinski definition) is 7. The quantitative estimate of drug-likeness (QED) is 0.653. The SMILES string of the molecule is CNc1ncnc2c1ncn2-n1cc(C)c(N)nc1=O. The number of aromatic nitrogens is 6. The lowest BCUT2D eigenvalue weighted by Gasteiger charge is -2.08. The first-order valence-electron chi connectivity index (χ1n) is 5.84. The molecule has 102 valence electrons. The van der Waals surface area contributed by atoms with Gasteiger partial charge in [0.05, 0.1) is 0 Å². The van der Waals surface area contributed by atoms with Crippen LogP contribution in [0.4, 0.5) is 11.6 Å². The van der Waals surface area contributed by atoms with Gasteiger partial charge in [-0.1, -0.05) is 0 Å². The summed E-state index contributed by atoms with van der Waals surface area (Å²) >= 11 is 0. The molecule has 0 unspecified atom stereocenters. The van der Waals surface area contributed by atoms with Crippen molar-refractivity contribution in [2.24, 2.45) is 0 Å². The average molecular weight is 272 g/mol. The maximum atomic E-state index is 12.0. The van der Waals surface area contributed by atoms with Gasteiger partial charge in [0, 0.05) is 18.8 Å². The summed E-state index contributed by atoms with van der Waals surface area (Å²) in [5.41, 5.74) is 6.87. The van der Waals surface area contributed by atoms with Gasteiger partial charge in [-0.05, 0) is 6.92 Å². The molecular weight excluding hydrogens is 260 g/mol. The lowest BCUT2D eigenvalue weighted by atomic mass is 10.3. The molecule has 20 heavy (non-hydrogen) atoms. The van der Waals surface area contributed by atoms with Crippen molar-refractivity contribution < 1.29 is 0 Å². The van der Waals surface area contributed by atoms with E-state index in [4.69, 9.17) is 5.73 Å². The Bertz CT molecular complexity index is 849. The Hall–Kier alpha value is -2.97. The van der Waals surface area contributed by atoms with Gasteiger partial charge in [0.15, 0.2) is 17.0 Å². The Morgan fingerprint density at radius 2 is 2.05 bits per heavy atom. The number of nitrogens with one attached hydrogen (secondary N) is 1. The van der Waals surface area contributed by atoms with Gasteiger partial charge in [0.2, 0.25) is 0 Å². The van der Waals surface area contributed by atoms with Gasteiger partial charge in [-0.2, -0.15) is 4.98 Å². The van der Waals surface area contributed by atoms with Crippen LogP contribution in [0.3, 0.4) is 0 Å². The molecule has 0 amide bonds. The summed E-state index contributed by atoms with van der Waals surface area (Å²) < 4.78 is 2.80. The zero-order valence-corrected chi connectivity index (χ0v) is 10.9. The number of fused-ring (bicyclic) bond motifs is 1. The van der Waals surface area contributed by atoms with Crippen molar-refractivity contribution >= 4 is 22.8 Å². The normalized spacial score (nSPS) is 10.9. The third-order valence-electron chi connectivity index (χ3n) is 2.92. The van der Waals surface area contributed by atoms with Crippen LogP contribution in [0.1, 0.15) is 5.56 Å². The van der Waals surface area contributed by atoms with Crippen molar-refractivity contribution in [1.82, 2.24) is 29.3 Å². The molecule has 0 saturated carbocycles. The molecule has 0 spiro atoms. The van der Waals surface area contributed by atoms with E-state index in [0.717, 1.165) is 0 Å². The molecule has 0 aliphatic carbocycles. The number of nitrogens with zero attached hydrogens (tertiary/aromatic N) is 6. The molecule has 0 aromatic carbocycles. The van der Waals surface area contributed by atoms with Gasteiger partial charge in [-0.25, -0.2) is 29.1 Å². The lowest BCUT2D eigenvalue weighted by molar-refractivity contribution is 0.621. The second kappa shape index (κ2) is 4.30. The molecule has 3 aromatic heterocycles. The molecule has 3 N–H and O–H groups in total. The molecule has 0 saturated heterocycles. The smallest absolute Gasteiger partial charge is 0.368 e. The van der Waals surface area contributed by atoms with Crippen LogP contribution < -0.4 is 16.7 Å². The largest absolute Gasteiger partial charge is 0.383 e. The van der Waals surface area contributed by atoms with Crippen LogP contribution in [-0.2, 0) is 0 Å². The number of imidazole rings is 1. The maximum Gasteiger partial charge on any atom is 0.368 e. The Morgan fingerprint density at radius 3 is 2.80 bits per heavy atom. The van der Waals surface area contributed by atoms with Crippen LogP contribution in [0.5, 0.6) is 0 Å². The van der Waals surface area contributed by atoms with Crippen LogP contribution in [0.2, 0.25) is 0 Å². The van der Waals surface area contributed by atoms with Crippen molar-refractivity contribution in [3.63, 3.8) is 0 Å². The fourth-order valence-electron chi connectivity index (χ4n) is 1.87. The first-order valence-corrected chi connectivity index (χ1v) is 5.84. The fraction of sp³-hybridized carbons (Fsp3) is 0.182. The van der Waals surface area contributed by atoms with E-state index in [1.807, 2.05) is 0 Å². The minimum atomic E-state index is -0.503. The second-order valence-electron chi connectivity index (χ2n) is 4.17. The van der Waals surface area contributed by atoms with E-state index in [1.165, 1.54) is 22.0 Å². The van der Waals surface area contributed by atoms with Crippen LogP contribution in [-0.4, -0.2) is 36.3 Å². The Balaban J connectivity index is 2.31. The van der Waals surface area contributed by atoms with Gasteiger partial charge in [-0.3, -0.25) is 0 Å². The zero-order chi connectivity index (χ0) is 14.3. The molecule has 3 aromatic rings. The summed E-state index contributed by atoms with van der Waals surface area (Å²) in [6.45, 7) is 1.77. The molecule has 9 heteroatoms. The second-order valence-corrected chi connectivity index (χ2v) is 4.17. The summed E-state index contributed by atoms with van der Waals surface area (Å²) in [5.74, 6) is 0.795. The molecule has 0 radical (unpaired) electrons. The standard InChI is InChI=1S/C11H12N8O/c1-6-3-18(11(20)17-8(6)12)19-5-16-7-9(13-2)14-4-15-10(7)19/h3-5H,1-2H3,(H2,12,17,20)(H,13,14,15). The Morgan fingerprint density at radius 1 is 1.25 bits per heavy atom. The van der Waals surface area contributed by atoms with Crippen molar-refractivity contribution in [2.45, 2.75) is 6.92 Å². The topological polar surface area (TPSA) is 117 Å². The van der Waals surface area contributed by atoms with E-state index in [2.05, 4.69) is 25.3 Å². The molecule has 0 aliphatic rings. The number of rotatable bonds is 2. The fourth-order valence-corrected chi connectivity index (χ4v) is 1.87. The van der Waals surface area contributed by atoms with Crippen molar-refractivity contribution in [3.05, 3.63) is 34.9 Å². The predicted molar refractivity (Wildman–Crippen MR) is 73.3 cm³/mol. The van der Waals surface area contributed by atoms with Crippen LogP contribution in [0.25, 0.3) is 11.2 Å². The van der Waals surface area contributed by atoms with Gasteiger partial charge >= 0.3 is 5.69 Å². The molecule has 9 nitrogen and oxygen atoms in total. The highest BCUT2D eigenvalue weighted by Gasteiger charge is 2.12. The molecule has 0 bridgehead atoms. The molecule has 0 atom stereocenters. The van der Waals surface area contributed by atoms with E-state index >= 15 is 0 Å². The van der Waals surface area contributed by atoms with Gasteiger partial charge in [0.25, 0.3) is 0 Å². The highest BCUT2D eigenvalue weighted by Crippen LogP contribution is 2.16. The molecule has 0 fully saturated rings. The first-order chi connectivity index (χ1) is 9.61. The van der Waals surface area contributed by atoms with Crippen molar-refractivity contribution in [2.75, 3.05) is 18.1 Å². The number of aryl methyl sites for hydroxylation is 1. The predicted octanol–water partition coefficient (Wildman–Crippen LogP) is -0.373. The monoisotopic (exact) mass is 272 g/mol. The van der Waals surface area contributed by atoms with E-state index in [0.29, 0.717) is 22.5 Å². The third kappa shape index (κ3) is 1.67. The van der Waals surface area contributed by atoms with Crippen LogP contribution in [0.15, 0.2) is 23.6 Å². The van der Waals surface area contributed by atoms with Gasteiger partial charge < -0.3 is 11.1 Å². The number of hydrogen-bond donors (Lipinski definition) is 2. The molecule has 0 aliphatic heterocycles. The zero-order valence-electron chi connectivity index (χ0n) is 10.9. The van der Waals surface area contributed by atoms with E-state index in [9.17, 15) is 4.79 Å². The molecular formula is C11H12N8O. The van der Waals surface area contributed by atoms with Crippen molar-refractivity contribution in [3.8, 4) is 0 Å². The minimum absolute atomic E-state index is 0.209. The maximum absolute atomic E-state index is 12.0. The summed E-state index contributed by atoms with van der Waals surface area (Å²) in [5, 5.41) is 2.92. The van der Waals surface area contributed by atoms with E-state index in [1.54, 1.807) is 20.2 Å². The number of nitrogen functional groups attached to an aromatic ring is 1. The highest BCUT2D eigenvalue weighted by atomic mass is 16.2. The molecule has 3 heterocycles. The summed E-state index contributed by atoms with van der Waals surface area (Å²) in [6.07, 6.45) is 4.47. The minimum Gasteiger partial charge on any atom is -0.383 e. The van der Waals surface area contributed by atoms with Crippen LogP contribution in [0, 0.1) is 6.92 Å². The molecule has 3 rings (SSSR count). The average Bonchev–Trinajstić information content (AvgIpc) is 2.86. The summed E-state index contributed by atoms with van der Waals surface area (Å²) in [7, 11) is 1.74. The Kier molecular flexibility index (Phi) is 2.60.